The SMILES string of the molecule is CCN(CCOC)c1ncc(C(=O)O)c2ccccc12. The third-order valence-corrected chi connectivity index (χ3v) is 3.25. The molecular formula is C15H18N2O3. The summed E-state index contributed by atoms with van der Waals surface area (Å²) in [6.45, 7) is 4.14. The normalized spacial score (nSPS) is 10.7. The number of fused-ring (bicyclic) bond motifs is 1. The second kappa shape index (κ2) is 6.34. The summed E-state index contributed by atoms with van der Waals surface area (Å²) in [6.07, 6.45) is 1.43. The fraction of sp³-hybridized carbons (Fsp3) is 0.333. The lowest BCUT2D eigenvalue weighted by Gasteiger charge is -2.23. The number of carboxylic acid groups (broad SMARTS) is 1. The lowest BCUT2D eigenvalue weighted by Crippen LogP contribution is -2.28. The largest absolute Gasteiger partial charge is 0.478 e. The summed E-state index contributed by atoms with van der Waals surface area (Å²) in [6, 6.07) is 7.45. The molecule has 0 aliphatic rings. The van der Waals surface area contributed by atoms with Crippen molar-refractivity contribution in [1.82, 2.24) is 4.98 Å². The van der Waals surface area contributed by atoms with E-state index in [1.807, 2.05) is 31.2 Å². The number of methoxy groups -OCH3 is 1. The van der Waals surface area contributed by atoms with Crippen molar-refractivity contribution in [2.75, 3.05) is 31.7 Å². The van der Waals surface area contributed by atoms with Crippen LogP contribution in [0.25, 0.3) is 10.8 Å². The van der Waals surface area contributed by atoms with Gasteiger partial charge in [-0.1, -0.05) is 24.3 Å². The minimum Gasteiger partial charge on any atom is -0.478 e. The maximum Gasteiger partial charge on any atom is 0.337 e. The molecule has 1 aromatic heterocycles. The first-order valence-corrected chi connectivity index (χ1v) is 6.54. The van der Waals surface area contributed by atoms with Gasteiger partial charge in [-0.05, 0) is 6.92 Å². The van der Waals surface area contributed by atoms with Crippen LogP contribution in [0.2, 0.25) is 0 Å². The zero-order chi connectivity index (χ0) is 14.5. The highest BCUT2D eigenvalue weighted by atomic mass is 16.5. The van der Waals surface area contributed by atoms with Gasteiger partial charge in [0.1, 0.15) is 5.82 Å². The highest BCUT2D eigenvalue weighted by Gasteiger charge is 2.15. The fourth-order valence-corrected chi connectivity index (χ4v) is 2.22. The van der Waals surface area contributed by atoms with Crippen molar-refractivity contribution in [3.8, 4) is 0 Å². The van der Waals surface area contributed by atoms with Gasteiger partial charge in [0.25, 0.3) is 0 Å². The molecule has 0 unspecified atom stereocenters. The predicted molar refractivity (Wildman–Crippen MR) is 78.5 cm³/mol. The molecule has 5 heteroatoms. The Hall–Kier alpha value is -2.14. The number of aromatic carboxylic acids is 1. The first kappa shape index (κ1) is 14.3. The quantitative estimate of drug-likeness (QED) is 0.876. The summed E-state index contributed by atoms with van der Waals surface area (Å²) >= 11 is 0. The van der Waals surface area contributed by atoms with Crippen molar-refractivity contribution >= 4 is 22.6 Å². The van der Waals surface area contributed by atoms with Crippen molar-refractivity contribution < 1.29 is 14.6 Å². The van der Waals surface area contributed by atoms with Crippen LogP contribution < -0.4 is 4.90 Å². The van der Waals surface area contributed by atoms with Crippen molar-refractivity contribution in [1.29, 1.82) is 0 Å². The molecule has 0 bridgehead atoms. The van der Waals surface area contributed by atoms with Crippen LogP contribution in [-0.4, -0.2) is 42.9 Å². The van der Waals surface area contributed by atoms with E-state index in [1.165, 1.54) is 6.20 Å². The maximum atomic E-state index is 11.3. The summed E-state index contributed by atoms with van der Waals surface area (Å²) < 4.78 is 5.11. The van der Waals surface area contributed by atoms with Gasteiger partial charge < -0.3 is 14.7 Å². The Balaban J connectivity index is 2.54. The van der Waals surface area contributed by atoms with Gasteiger partial charge in [-0.3, -0.25) is 0 Å². The number of anilines is 1. The van der Waals surface area contributed by atoms with Gasteiger partial charge in [-0.2, -0.15) is 0 Å². The highest BCUT2D eigenvalue weighted by molar-refractivity contribution is 6.06. The maximum absolute atomic E-state index is 11.3. The van der Waals surface area contributed by atoms with Crippen LogP contribution in [0.3, 0.4) is 0 Å². The summed E-state index contributed by atoms with van der Waals surface area (Å²) in [7, 11) is 1.66. The zero-order valence-electron chi connectivity index (χ0n) is 11.7. The van der Waals surface area contributed by atoms with Crippen LogP contribution in [0.4, 0.5) is 5.82 Å². The third-order valence-electron chi connectivity index (χ3n) is 3.25. The van der Waals surface area contributed by atoms with Crippen molar-refractivity contribution in [3.05, 3.63) is 36.0 Å². The van der Waals surface area contributed by atoms with Gasteiger partial charge in [0, 0.05) is 37.2 Å². The number of benzene rings is 1. The van der Waals surface area contributed by atoms with E-state index in [4.69, 9.17) is 4.74 Å². The molecule has 106 valence electrons. The van der Waals surface area contributed by atoms with Crippen LogP contribution in [0.1, 0.15) is 17.3 Å². The lowest BCUT2D eigenvalue weighted by molar-refractivity contribution is 0.0698. The Labute approximate surface area is 117 Å². The molecule has 0 aliphatic heterocycles. The van der Waals surface area contributed by atoms with Crippen LogP contribution >= 0.6 is 0 Å². The number of hydrogen-bond acceptors (Lipinski definition) is 4. The predicted octanol–water partition coefficient (Wildman–Crippen LogP) is 2.41. The number of likely N-dealkylation sites (N-methyl/N-ethyl adjacent to an activating group) is 1. The molecule has 0 saturated heterocycles. The molecule has 5 nitrogen and oxygen atoms in total. The minimum absolute atomic E-state index is 0.229. The number of nitrogens with zero attached hydrogens (tertiary/aromatic N) is 2. The average molecular weight is 274 g/mol. The van der Waals surface area contributed by atoms with E-state index in [1.54, 1.807) is 7.11 Å². The summed E-state index contributed by atoms with van der Waals surface area (Å²) in [5.74, 6) is -0.162. The second-order valence-corrected chi connectivity index (χ2v) is 4.42. The molecule has 0 spiro atoms. The highest BCUT2D eigenvalue weighted by Crippen LogP contribution is 2.27. The lowest BCUT2D eigenvalue weighted by atomic mass is 10.1. The molecule has 1 aromatic carbocycles. The Morgan fingerprint density at radius 3 is 2.65 bits per heavy atom. The number of ether oxygens (including phenoxy) is 1. The van der Waals surface area contributed by atoms with Crippen molar-refractivity contribution in [3.63, 3.8) is 0 Å². The Morgan fingerprint density at radius 2 is 2.05 bits per heavy atom. The molecule has 0 radical (unpaired) electrons. The van der Waals surface area contributed by atoms with Gasteiger partial charge in [-0.15, -0.1) is 0 Å². The molecule has 2 rings (SSSR count). The standard InChI is InChI=1S/C15H18N2O3/c1-3-17(8-9-20-2)14-12-7-5-4-6-11(12)13(10-16-14)15(18)19/h4-7,10H,3,8-9H2,1-2H3,(H,18,19). The minimum atomic E-state index is -0.958. The third kappa shape index (κ3) is 2.72. The topological polar surface area (TPSA) is 62.7 Å². The molecule has 0 aliphatic carbocycles. The molecule has 0 saturated carbocycles. The van der Waals surface area contributed by atoms with Crippen LogP contribution in [0.15, 0.2) is 30.5 Å². The number of carbonyl (C=O) groups is 1. The van der Waals surface area contributed by atoms with Crippen molar-refractivity contribution in [2.45, 2.75) is 6.92 Å². The molecule has 20 heavy (non-hydrogen) atoms. The number of hydrogen-bond donors (Lipinski definition) is 1. The second-order valence-electron chi connectivity index (χ2n) is 4.42. The van der Waals surface area contributed by atoms with Gasteiger partial charge in [0.15, 0.2) is 0 Å². The van der Waals surface area contributed by atoms with Gasteiger partial charge in [0.05, 0.1) is 12.2 Å². The summed E-state index contributed by atoms with van der Waals surface area (Å²) in [4.78, 5) is 17.7. The van der Waals surface area contributed by atoms with Crippen LogP contribution in [0, 0.1) is 0 Å². The first-order chi connectivity index (χ1) is 9.69. The summed E-state index contributed by atoms with van der Waals surface area (Å²) in [5, 5.41) is 10.8. The monoisotopic (exact) mass is 274 g/mol. The number of rotatable bonds is 6. The van der Waals surface area contributed by atoms with Crippen LogP contribution in [0.5, 0.6) is 0 Å². The van der Waals surface area contributed by atoms with Crippen LogP contribution in [-0.2, 0) is 4.74 Å². The Bertz CT molecular complexity index is 613. The van der Waals surface area contributed by atoms with E-state index >= 15 is 0 Å². The number of pyridine rings is 1. The van der Waals surface area contributed by atoms with E-state index < -0.39 is 5.97 Å². The number of aromatic nitrogens is 1. The molecule has 0 atom stereocenters. The number of carboxylic acids is 1. The molecule has 0 amide bonds. The first-order valence-electron chi connectivity index (χ1n) is 6.54. The van der Waals surface area contributed by atoms with E-state index in [9.17, 15) is 9.90 Å². The summed E-state index contributed by atoms with van der Waals surface area (Å²) in [5.41, 5.74) is 0.229. The van der Waals surface area contributed by atoms with E-state index in [0.717, 1.165) is 24.3 Å². The van der Waals surface area contributed by atoms with Gasteiger partial charge in [-0.25, -0.2) is 9.78 Å². The van der Waals surface area contributed by atoms with E-state index in [-0.39, 0.29) is 5.56 Å². The molecule has 0 fully saturated rings. The zero-order valence-corrected chi connectivity index (χ0v) is 11.7. The Morgan fingerprint density at radius 1 is 1.35 bits per heavy atom. The Kier molecular flexibility index (Phi) is 4.53. The fourth-order valence-electron chi connectivity index (χ4n) is 2.22. The smallest absolute Gasteiger partial charge is 0.337 e. The van der Waals surface area contributed by atoms with E-state index in [2.05, 4.69) is 9.88 Å². The molecular weight excluding hydrogens is 256 g/mol. The molecule has 1 N–H and O–H groups in total. The van der Waals surface area contributed by atoms with Gasteiger partial charge >= 0.3 is 5.97 Å². The van der Waals surface area contributed by atoms with E-state index in [0.29, 0.717) is 12.0 Å². The molecule has 1 heterocycles. The molecule has 2 aromatic rings. The van der Waals surface area contributed by atoms with Crippen molar-refractivity contribution in [2.24, 2.45) is 0 Å². The van der Waals surface area contributed by atoms with Gasteiger partial charge in [0.2, 0.25) is 0 Å². The average Bonchev–Trinajstić information content (AvgIpc) is 2.47.